The van der Waals surface area contributed by atoms with Gasteiger partial charge in [-0.1, -0.05) is 53.7 Å². The summed E-state index contributed by atoms with van der Waals surface area (Å²) in [6.07, 6.45) is 2.26. The van der Waals surface area contributed by atoms with Gasteiger partial charge in [-0.2, -0.15) is 0 Å². The molecule has 31 heavy (non-hydrogen) atoms. The number of para-hydroxylation sites is 2. The zero-order chi connectivity index (χ0) is 21.5. The van der Waals surface area contributed by atoms with Crippen molar-refractivity contribution in [1.29, 1.82) is 0 Å². The molecule has 1 N–H and O–H groups in total. The summed E-state index contributed by atoms with van der Waals surface area (Å²) in [5.41, 5.74) is 0.815. The highest BCUT2D eigenvalue weighted by atomic mass is 35.5. The summed E-state index contributed by atoms with van der Waals surface area (Å²) >= 11 is 7.81. The predicted molar refractivity (Wildman–Crippen MR) is 123 cm³/mol. The van der Waals surface area contributed by atoms with Crippen LogP contribution in [0.4, 0.5) is 5.95 Å². The topological polar surface area (TPSA) is 72.3 Å². The molecule has 2 aromatic carbocycles. The highest BCUT2D eigenvalue weighted by Gasteiger charge is 2.23. The molecule has 0 atom stereocenters. The van der Waals surface area contributed by atoms with Gasteiger partial charge in [0.15, 0.2) is 5.16 Å². The molecule has 2 heterocycles. The van der Waals surface area contributed by atoms with Crippen LogP contribution >= 0.6 is 23.4 Å². The summed E-state index contributed by atoms with van der Waals surface area (Å²) in [6, 6.07) is 17.1. The molecule has 1 aliphatic heterocycles. The molecule has 3 aromatic rings. The van der Waals surface area contributed by atoms with Crippen LogP contribution in [0.3, 0.4) is 0 Å². The highest BCUT2D eigenvalue weighted by molar-refractivity contribution is 7.99. The fourth-order valence-corrected chi connectivity index (χ4v) is 4.37. The molecular weight excluding hydrogens is 434 g/mol. The van der Waals surface area contributed by atoms with E-state index in [1.807, 2.05) is 59.2 Å². The van der Waals surface area contributed by atoms with E-state index in [4.69, 9.17) is 16.3 Å². The number of hydrogen-bond donors (Lipinski definition) is 1. The molecular formula is C22H24ClN5O2S. The van der Waals surface area contributed by atoms with Crippen molar-refractivity contribution in [1.82, 2.24) is 20.1 Å². The average molecular weight is 458 g/mol. The number of ether oxygens (including phenoxy) is 1. The first-order chi connectivity index (χ1) is 15.2. The third-order valence-corrected chi connectivity index (χ3v) is 6.12. The number of nitrogens with one attached hydrogen (secondary N) is 1. The zero-order valence-corrected chi connectivity index (χ0v) is 18.6. The van der Waals surface area contributed by atoms with E-state index < -0.39 is 0 Å². The van der Waals surface area contributed by atoms with E-state index in [0.29, 0.717) is 23.3 Å². The Kier molecular flexibility index (Phi) is 7.32. The summed E-state index contributed by atoms with van der Waals surface area (Å²) in [7, 11) is 0. The van der Waals surface area contributed by atoms with Gasteiger partial charge in [0.2, 0.25) is 11.9 Å². The Balaban J connectivity index is 1.38. The highest BCUT2D eigenvalue weighted by Crippen LogP contribution is 2.31. The van der Waals surface area contributed by atoms with Gasteiger partial charge >= 0.3 is 0 Å². The molecule has 0 radical (unpaired) electrons. The molecule has 162 valence electrons. The van der Waals surface area contributed by atoms with E-state index in [9.17, 15) is 4.79 Å². The van der Waals surface area contributed by atoms with Crippen molar-refractivity contribution in [2.75, 3.05) is 36.9 Å². The number of thioether (sulfide) groups is 1. The van der Waals surface area contributed by atoms with Gasteiger partial charge in [0, 0.05) is 13.1 Å². The van der Waals surface area contributed by atoms with Crippen LogP contribution in [0, 0.1) is 0 Å². The molecule has 1 aliphatic rings. The maximum absolute atomic E-state index is 12.3. The Morgan fingerprint density at radius 1 is 1.06 bits per heavy atom. The molecule has 1 aromatic heterocycles. The molecule has 0 bridgehead atoms. The van der Waals surface area contributed by atoms with Crippen molar-refractivity contribution < 1.29 is 9.53 Å². The van der Waals surface area contributed by atoms with Gasteiger partial charge in [0.05, 0.1) is 23.0 Å². The maximum Gasteiger partial charge on any atom is 0.232 e. The summed E-state index contributed by atoms with van der Waals surface area (Å²) < 4.78 is 7.55. The van der Waals surface area contributed by atoms with E-state index in [0.717, 1.165) is 43.3 Å². The minimum Gasteiger partial charge on any atom is -0.492 e. The van der Waals surface area contributed by atoms with Crippen molar-refractivity contribution in [3.05, 3.63) is 59.6 Å². The number of carbonyl (C=O) groups excluding carboxylic acids is 1. The largest absolute Gasteiger partial charge is 0.492 e. The average Bonchev–Trinajstić information content (AvgIpc) is 3.46. The van der Waals surface area contributed by atoms with Gasteiger partial charge in [-0.15, -0.1) is 10.2 Å². The Bertz CT molecular complexity index is 1010. The van der Waals surface area contributed by atoms with Crippen LogP contribution in [-0.2, 0) is 4.79 Å². The van der Waals surface area contributed by atoms with E-state index in [1.165, 1.54) is 11.8 Å². The van der Waals surface area contributed by atoms with E-state index in [2.05, 4.69) is 20.4 Å². The summed E-state index contributed by atoms with van der Waals surface area (Å²) in [6.45, 7) is 2.73. The summed E-state index contributed by atoms with van der Waals surface area (Å²) in [5.74, 6) is 1.70. The first-order valence-electron chi connectivity index (χ1n) is 10.2. The van der Waals surface area contributed by atoms with Crippen molar-refractivity contribution >= 4 is 35.2 Å². The summed E-state index contributed by atoms with van der Waals surface area (Å²) in [5, 5.41) is 12.9. The number of halogens is 1. The fourth-order valence-electron chi connectivity index (χ4n) is 3.38. The van der Waals surface area contributed by atoms with Crippen LogP contribution in [0.1, 0.15) is 12.8 Å². The standard InChI is InChI=1S/C22H24ClN5O2S/c23-18-10-4-5-11-19(18)28-21(27-13-6-7-14-27)25-26-22(28)31-16-20(29)24-12-15-30-17-8-2-1-3-9-17/h1-5,8-11H,6-7,12-16H2,(H,24,29). The van der Waals surface area contributed by atoms with Crippen LogP contribution in [0.5, 0.6) is 5.75 Å². The number of benzene rings is 2. The number of hydrogen-bond acceptors (Lipinski definition) is 6. The first-order valence-corrected chi connectivity index (χ1v) is 11.6. The van der Waals surface area contributed by atoms with Crippen LogP contribution in [0.25, 0.3) is 5.69 Å². The monoisotopic (exact) mass is 457 g/mol. The number of aromatic nitrogens is 3. The quantitative estimate of drug-likeness (QED) is 0.389. The molecule has 1 saturated heterocycles. The van der Waals surface area contributed by atoms with Crippen LogP contribution < -0.4 is 15.0 Å². The summed E-state index contributed by atoms with van der Waals surface area (Å²) in [4.78, 5) is 14.5. The van der Waals surface area contributed by atoms with Crippen LogP contribution in [-0.4, -0.2) is 52.7 Å². The van der Waals surface area contributed by atoms with Crippen molar-refractivity contribution in [2.45, 2.75) is 18.0 Å². The lowest BCUT2D eigenvalue weighted by Gasteiger charge is -2.19. The second-order valence-corrected chi connectivity index (χ2v) is 8.41. The normalized spacial score (nSPS) is 13.4. The molecule has 0 aliphatic carbocycles. The second-order valence-electron chi connectivity index (χ2n) is 7.06. The molecule has 0 spiro atoms. The third kappa shape index (κ3) is 5.51. The molecule has 0 saturated carbocycles. The van der Waals surface area contributed by atoms with Crippen molar-refractivity contribution in [2.24, 2.45) is 0 Å². The molecule has 1 amide bonds. The zero-order valence-electron chi connectivity index (χ0n) is 17.0. The number of nitrogens with zero attached hydrogens (tertiary/aromatic N) is 4. The Labute approximate surface area is 190 Å². The third-order valence-electron chi connectivity index (χ3n) is 4.87. The van der Waals surface area contributed by atoms with Gasteiger partial charge in [0.25, 0.3) is 0 Å². The molecule has 4 rings (SSSR count). The number of anilines is 1. The van der Waals surface area contributed by atoms with Crippen LogP contribution in [0.15, 0.2) is 59.8 Å². The van der Waals surface area contributed by atoms with Crippen molar-refractivity contribution in [3.63, 3.8) is 0 Å². The van der Waals surface area contributed by atoms with Gasteiger partial charge in [-0.05, 0) is 37.1 Å². The Hall–Kier alpha value is -2.71. The number of carbonyl (C=O) groups is 1. The van der Waals surface area contributed by atoms with E-state index in [1.54, 1.807) is 0 Å². The fraction of sp³-hybridized carbons (Fsp3) is 0.318. The second kappa shape index (κ2) is 10.5. The smallest absolute Gasteiger partial charge is 0.232 e. The first kappa shape index (κ1) is 21.5. The van der Waals surface area contributed by atoms with Gasteiger partial charge < -0.3 is 15.0 Å². The minimum absolute atomic E-state index is 0.0851. The predicted octanol–water partition coefficient (Wildman–Crippen LogP) is 3.81. The lowest BCUT2D eigenvalue weighted by Crippen LogP contribution is -2.29. The molecule has 0 unspecified atom stereocenters. The van der Waals surface area contributed by atoms with Crippen molar-refractivity contribution in [3.8, 4) is 11.4 Å². The molecule has 7 nitrogen and oxygen atoms in total. The lowest BCUT2D eigenvalue weighted by atomic mass is 10.3. The lowest BCUT2D eigenvalue weighted by molar-refractivity contribution is -0.118. The van der Waals surface area contributed by atoms with Gasteiger partial charge in [0.1, 0.15) is 12.4 Å². The van der Waals surface area contributed by atoms with Gasteiger partial charge in [-0.25, -0.2) is 0 Å². The molecule has 1 fully saturated rings. The maximum atomic E-state index is 12.3. The molecule has 9 heteroatoms. The minimum atomic E-state index is -0.0851. The van der Waals surface area contributed by atoms with E-state index >= 15 is 0 Å². The Morgan fingerprint density at radius 3 is 2.58 bits per heavy atom. The number of rotatable bonds is 9. The van der Waals surface area contributed by atoms with Crippen LogP contribution in [0.2, 0.25) is 5.02 Å². The SMILES string of the molecule is O=C(CSc1nnc(N2CCCC2)n1-c1ccccc1Cl)NCCOc1ccccc1. The Morgan fingerprint density at radius 2 is 1.81 bits per heavy atom. The number of amides is 1. The van der Waals surface area contributed by atoms with Gasteiger partial charge in [-0.3, -0.25) is 9.36 Å². The van der Waals surface area contributed by atoms with E-state index in [-0.39, 0.29) is 11.7 Å².